The number of amides is 1. The highest BCUT2D eigenvalue weighted by atomic mass is 16.6. The van der Waals surface area contributed by atoms with Crippen LogP contribution < -0.4 is 0 Å². The second-order valence-electron chi connectivity index (χ2n) is 6.21. The van der Waals surface area contributed by atoms with Gasteiger partial charge in [-0.05, 0) is 30.2 Å². The molecule has 23 heavy (non-hydrogen) atoms. The zero-order valence-electron chi connectivity index (χ0n) is 14.1. The molecule has 0 N–H and O–H groups in total. The van der Waals surface area contributed by atoms with Gasteiger partial charge in [0.1, 0.15) is 6.20 Å². The van der Waals surface area contributed by atoms with Crippen LogP contribution in [0.5, 0.6) is 0 Å². The molecule has 8 heteroatoms. The van der Waals surface area contributed by atoms with Crippen molar-refractivity contribution in [2.75, 3.05) is 26.2 Å². The Bertz CT molecular complexity index is 569. The summed E-state index contributed by atoms with van der Waals surface area (Å²) >= 11 is 0. The van der Waals surface area contributed by atoms with Crippen molar-refractivity contribution in [3.8, 4) is 0 Å². The van der Waals surface area contributed by atoms with Crippen LogP contribution in [-0.4, -0.2) is 62.4 Å². The molecule has 0 aromatic carbocycles. The van der Waals surface area contributed by atoms with Gasteiger partial charge in [-0.2, -0.15) is 0 Å². The van der Waals surface area contributed by atoms with Crippen LogP contribution in [0.2, 0.25) is 0 Å². The zero-order valence-corrected chi connectivity index (χ0v) is 14.1. The third-order valence-electron chi connectivity index (χ3n) is 4.33. The van der Waals surface area contributed by atoms with Crippen LogP contribution in [-0.2, 0) is 11.3 Å². The fourth-order valence-corrected chi connectivity index (χ4v) is 2.88. The Morgan fingerprint density at radius 1 is 1.35 bits per heavy atom. The van der Waals surface area contributed by atoms with Crippen LogP contribution >= 0.6 is 0 Å². The third-order valence-corrected chi connectivity index (χ3v) is 4.33. The second-order valence-corrected chi connectivity index (χ2v) is 6.21. The van der Waals surface area contributed by atoms with Crippen molar-refractivity contribution >= 4 is 11.7 Å². The lowest BCUT2D eigenvalue weighted by atomic mass is 10.3. The van der Waals surface area contributed by atoms with Crippen molar-refractivity contribution in [2.24, 2.45) is 0 Å². The number of hydrogen-bond acceptors (Lipinski definition) is 5. The topological polar surface area (TPSA) is 84.5 Å². The van der Waals surface area contributed by atoms with E-state index in [0.717, 1.165) is 32.6 Å². The normalized spacial score (nSPS) is 16.6. The maximum absolute atomic E-state index is 12.4. The average molecular weight is 323 g/mol. The van der Waals surface area contributed by atoms with Gasteiger partial charge in [-0.1, -0.05) is 0 Å². The number of nitrogens with zero attached hydrogens (tertiary/aromatic N) is 5. The molecule has 2 rings (SSSR count). The number of imidazole rings is 1. The van der Waals surface area contributed by atoms with Crippen molar-refractivity contribution in [2.45, 2.75) is 46.2 Å². The summed E-state index contributed by atoms with van der Waals surface area (Å²) in [6.07, 6.45) is 2.72. The van der Waals surface area contributed by atoms with E-state index < -0.39 is 4.92 Å². The van der Waals surface area contributed by atoms with Gasteiger partial charge in [0.15, 0.2) is 0 Å². The number of carbonyl (C=O) groups excluding carboxylic acids is 1. The van der Waals surface area contributed by atoms with Crippen LogP contribution in [0.1, 0.15) is 32.5 Å². The molecule has 1 aromatic heterocycles. The van der Waals surface area contributed by atoms with E-state index in [1.807, 2.05) is 4.90 Å². The van der Waals surface area contributed by atoms with Crippen LogP contribution in [0.3, 0.4) is 0 Å². The summed E-state index contributed by atoms with van der Waals surface area (Å²) in [6, 6.07) is 0.499. The predicted octanol–water partition coefficient (Wildman–Crippen LogP) is 1.43. The Labute approximate surface area is 136 Å². The minimum Gasteiger partial charge on any atom is -0.358 e. The summed E-state index contributed by atoms with van der Waals surface area (Å²) in [4.78, 5) is 30.8. The van der Waals surface area contributed by atoms with Crippen LogP contribution in [0.4, 0.5) is 5.82 Å². The quantitative estimate of drug-likeness (QED) is 0.604. The number of nitro groups is 1. The highest BCUT2D eigenvalue weighted by Crippen LogP contribution is 2.12. The Morgan fingerprint density at radius 3 is 2.70 bits per heavy atom. The first-order valence-corrected chi connectivity index (χ1v) is 8.08. The molecule has 1 aliphatic heterocycles. The summed E-state index contributed by atoms with van der Waals surface area (Å²) in [5.41, 5.74) is 0. The molecule has 1 saturated heterocycles. The molecule has 0 radical (unpaired) electrons. The van der Waals surface area contributed by atoms with E-state index in [0.29, 0.717) is 24.8 Å². The summed E-state index contributed by atoms with van der Waals surface area (Å²) in [5, 5.41) is 10.7. The fourth-order valence-electron chi connectivity index (χ4n) is 2.88. The molecular weight excluding hydrogens is 298 g/mol. The molecule has 128 valence electrons. The molecule has 0 aliphatic carbocycles. The standard InChI is InChI=1S/C15H25N5O3/c1-12(2)17-6-4-7-18(10-9-17)15(21)5-8-19-11-14(20(22)23)16-13(19)3/h11-12H,4-10H2,1-3H3. The first kappa shape index (κ1) is 17.4. The van der Waals surface area contributed by atoms with Gasteiger partial charge in [0.05, 0.1) is 0 Å². The van der Waals surface area contributed by atoms with Crippen molar-refractivity contribution in [1.82, 2.24) is 19.4 Å². The average Bonchev–Trinajstić information content (AvgIpc) is 2.72. The van der Waals surface area contributed by atoms with E-state index in [4.69, 9.17) is 0 Å². The number of aryl methyl sites for hydroxylation is 2. The molecule has 0 atom stereocenters. The molecule has 0 unspecified atom stereocenters. The smallest absolute Gasteiger partial charge is 0.358 e. The molecule has 1 aliphatic rings. The maximum Gasteiger partial charge on any atom is 0.381 e. The predicted molar refractivity (Wildman–Crippen MR) is 86.1 cm³/mol. The molecular formula is C15H25N5O3. The third kappa shape index (κ3) is 4.51. The van der Waals surface area contributed by atoms with Crippen molar-refractivity contribution in [3.05, 3.63) is 22.1 Å². The van der Waals surface area contributed by atoms with E-state index in [1.165, 1.54) is 6.20 Å². The number of aromatic nitrogens is 2. The van der Waals surface area contributed by atoms with E-state index in [-0.39, 0.29) is 11.7 Å². The Morgan fingerprint density at radius 2 is 2.09 bits per heavy atom. The number of hydrogen-bond donors (Lipinski definition) is 0. The van der Waals surface area contributed by atoms with Crippen LogP contribution in [0.25, 0.3) is 0 Å². The molecule has 1 fully saturated rings. The van der Waals surface area contributed by atoms with Gasteiger partial charge in [-0.3, -0.25) is 9.69 Å². The Hall–Kier alpha value is -1.96. The fraction of sp³-hybridized carbons (Fsp3) is 0.733. The second kappa shape index (κ2) is 7.54. The minimum absolute atomic E-state index is 0.103. The summed E-state index contributed by atoms with van der Waals surface area (Å²) in [5.74, 6) is 0.495. The van der Waals surface area contributed by atoms with Crippen LogP contribution in [0.15, 0.2) is 6.20 Å². The number of carbonyl (C=O) groups is 1. The Balaban J connectivity index is 1.88. The monoisotopic (exact) mass is 323 g/mol. The lowest BCUT2D eigenvalue weighted by Gasteiger charge is -2.25. The van der Waals surface area contributed by atoms with Crippen molar-refractivity contribution in [1.29, 1.82) is 0 Å². The molecule has 0 bridgehead atoms. The van der Waals surface area contributed by atoms with Crippen molar-refractivity contribution < 1.29 is 9.72 Å². The summed E-state index contributed by atoms with van der Waals surface area (Å²) in [6.45, 7) is 9.94. The number of rotatable bonds is 5. The van der Waals surface area contributed by atoms with Gasteiger partial charge in [0.25, 0.3) is 0 Å². The van der Waals surface area contributed by atoms with E-state index >= 15 is 0 Å². The summed E-state index contributed by atoms with van der Waals surface area (Å²) < 4.78 is 1.67. The Kier molecular flexibility index (Phi) is 5.70. The minimum atomic E-state index is -0.513. The van der Waals surface area contributed by atoms with E-state index in [9.17, 15) is 14.9 Å². The highest BCUT2D eigenvalue weighted by molar-refractivity contribution is 5.76. The lowest BCUT2D eigenvalue weighted by molar-refractivity contribution is -0.389. The molecule has 1 aromatic rings. The molecule has 8 nitrogen and oxygen atoms in total. The van der Waals surface area contributed by atoms with E-state index in [1.54, 1.807) is 11.5 Å². The highest BCUT2D eigenvalue weighted by Gasteiger charge is 2.21. The van der Waals surface area contributed by atoms with Gasteiger partial charge in [0, 0.05) is 52.1 Å². The molecule has 0 saturated carbocycles. The van der Waals surface area contributed by atoms with Gasteiger partial charge < -0.3 is 19.6 Å². The van der Waals surface area contributed by atoms with Crippen molar-refractivity contribution in [3.63, 3.8) is 0 Å². The van der Waals surface area contributed by atoms with Gasteiger partial charge in [-0.25, -0.2) is 0 Å². The maximum atomic E-state index is 12.4. The molecule has 2 heterocycles. The lowest BCUT2D eigenvalue weighted by Crippen LogP contribution is -2.37. The molecule has 1 amide bonds. The largest absolute Gasteiger partial charge is 0.381 e. The first-order chi connectivity index (χ1) is 10.9. The van der Waals surface area contributed by atoms with Gasteiger partial charge in [-0.15, -0.1) is 0 Å². The van der Waals surface area contributed by atoms with Gasteiger partial charge in [0.2, 0.25) is 11.7 Å². The SMILES string of the molecule is Cc1nc([N+](=O)[O-])cn1CCC(=O)N1CCCN(C(C)C)CC1. The van der Waals surface area contributed by atoms with Gasteiger partial charge >= 0.3 is 5.82 Å². The first-order valence-electron chi connectivity index (χ1n) is 8.08. The zero-order chi connectivity index (χ0) is 17.0. The van der Waals surface area contributed by atoms with E-state index in [2.05, 4.69) is 23.7 Å². The summed E-state index contributed by atoms with van der Waals surface area (Å²) in [7, 11) is 0. The molecule has 0 spiro atoms. The van der Waals surface area contributed by atoms with Crippen LogP contribution in [0, 0.1) is 17.0 Å².